The first-order valence-corrected chi connectivity index (χ1v) is 18.5. The lowest BCUT2D eigenvalue weighted by Gasteiger charge is -2.36. The SMILES string of the molecule is CCCCCCN(CCCCCC)C(=O)OCOC1=Nc2cc(OCCCCN3CCN(c4cccc(Cl)c4Cl)CC3)ccc2CC1. The summed E-state index contributed by atoms with van der Waals surface area (Å²) in [6.45, 7) is 11.4. The van der Waals surface area contributed by atoms with Crippen LogP contribution in [0.2, 0.25) is 10.0 Å². The Morgan fingerprint density at radius 3 is 2.32 bits per heavy atom. The molecular weight excluding hydrogens is 635 g/mol. The Labute approximate surface area is 292 Å². The molecule has 1 saturated heterocycles. The molecule has 0 spiro atoms. The van der Waals surface area contributed by atoms with Gasteiger partial charge in [0.25, 0.3) is 0 Å². The number of ether oxygens (including phenoxy) is 3. The highest BCUT2D eigenvalue weighted by Gasteiger charge is 2.20. The number of rotatable bonds is 19. The summed E-state index contributed by atoms with van der Waals surface area (Å²) in [5.41, 5.74) is 3.05. The van der Waals surface area contributed by atoms with Crippen LogP contribution in [0, 0.1) is 0 Å². The molecule has 2 aliphatic heterocycles. The molecule has 4 rings (SSSR count). The molecule has 1 amide bonds. The maximum absolute atomic E-state index is 12.8. The van der Waals surface area contributed by atoms with Crippen molar-refractivity contribution in [3.63, 3.8) is 0 Å². The minimum Gasteiger partial charge on any atom is -0.494 e. The van der Waals surface area contributed by atoms with Gasteiger partial charge in [-0.3, -0.25) is 4.90 Å². The number of fused-ring (bicyclic) bond motifs is 1. The number of hydrogen-bond acceptors (Lipinski definition) is 7. The third-order valence-corrected chi connectivity index (χ3v) is 9.73. The predicted octanol–water partition coefficient (Wildman–Crippen LogP) is 9.52. The number of aliphatic imine (C=N–C) groups is 1. The van der Waals surface area contributed by atoms with Crippen molar-refractivity contribution in [3.8, 4) is 5.75 Å². The van der Waals surface area contributed by atoms with Crippen LogP contribution >= 0.6 is 23.2 Å². The molecule has 2 aromatic carbocycles. The molecule has 0 radical (unpaired) electrons. The quantitative estimate of drug-likeness (QED) is 0.108. The predicted molar refractivity (Wildman–Crippen MR) is 194 cm³/mol. The average Bonchev–Trinajstić information content (AvgIpc) is 3.08. The highest BCUT2D eigenvalue weighted by molar-refractivity contribution is 6.43. The van der Waals surface area contributed by atoms with E-state index >= 15 is 0 Å². The second-order valence-electron chi connectivity index (χ2n) is 12.5. The molecular formula is C37H54Cl2N4O4. The normalized spacial score (nSPS) is 14.8. The molecule has 10 heteroatoms. The second-order valence-corrected chi connectivity index (χ2v) is 13.3. The first-order valence-electron chi connectivity index (χ1n) is 17.8. The Morgan fingerprint density at radius 1 is 0.851 bits per heavy atom. The molecule has 0 N–H and O–H groups in total. The summed E-state index contributed by atoms with van der Waals surface area (Å²) in [5.74, 6) is 1.41. The molecule has 2 aliphatic rings. The number of carbonyl (C=O) groups is 1. The number of benzene rings is 2. The van der Waals surface area contributed by atoms with Gasteiger partial charge in [0.05, 0.1) is 28.0 Å². The fraction of sp³-hybridized carbons (Fsp3) is 0.622. The Balaban J connectivity index is 1.14. The largest absolute Gasteiger partial charge is 0.494 e. The zero-order chi connectivity index (χ0) is 33.3. The average molecular weight is 690 g/mol. The summed E-state index contributed by atoms with van der Waals surface area (Å²) in [6, 6.07) is 11.9. The highest BCUT2D eigenvalue weighted by Crippen LogP contribution is 2.33. The van der Waals surface area contributed by atoms with Crippen LogP contribution in [0.4, 0.5) is 16.2 Å². The number of hydrogen-bond donors (Lipinski definition) is 0. The zero-order valence-corrected chi connectivity index (χ0v) is 30.0. The van der Waals surface area contributed by atoms with E-state index in [2.05, 4.69) is 29.7 Å². The van der Waals surface area contributed by atoms with Gasteiger partial charge in [0.1, 0.15) is 5.75 Å². The van der Waals surface area contributed by atoms with Crippen molar-refractivity contribution in [2.75, 3.05) is 64.1 Å². The molecule has 0 atom stereocenters. The van der Waals surface area contributed by atoms with Crippen LogP contribution in [-0.2, 0) is 15.9 Å². The molecule has 8 nitrogen and oxygen atoms in total. The van der Waals surface area contributed by atoms with E-state index in [1.54, 1.807) is 0 Å². The Hall–Kier alpha value is -2.68. The van der Waals surface area contributed by atoms with E-state index in [1.807, 2.05) is 35.2 Å². The lowest BCUT2D eigenvalue weighted by Crippen LogP contribution is -2.46. The molecule has 1 fully saturated rings. The van der Waals surface area contributed by atoms with Crippen LogP contribution in [0.3, 0.4) is 0 Å². The van der Waals surface area contributed by atoms with Crippen LogP contribution in [0.25, 0.3) is 0 Å². The van der Waals surface area contributed by atoms with Gasteiger partial charge in [0.2, 0.25) is 6.79 Å². The van der Waals surface area contributed by atoms with Gasteiger partial charge >= 0.3 is 6.09 Å². The number of amides is 1. The maximum atomic E-state index is 12.8. The van der Waals surface area contributed by atoms with E-state index in [1.165, 1.54) is 31.2 Å². The molecule has 2 heterocycles. The topological polar surface area (TPSA) is 66.8 Å². The van der Waals surface area contributed by atoms with Gasteiger partial charge in [-0.2, -0.15) is 0 Å². The van der Waals surface area contributed by atoms with Gasteiger partial charge < -0.3 is 24.0 Å². The number of unbranched alkanes of at least 4 members (excludes halogenated alkanes) is 7. The monoisotopic (exact) mass is 688 g/mol. The van der Waals surface area contributed by atoms with Crippen LogP contribution in [0.1, 0.15) is 90.0 Å². The van der Waals surface area contributed by atoms with Gasteiger partial charge in [-0.25, -0.2) is 9.79 Å². The Kier molecular flexibility index (Phi) is 16.3. The molecule has 260 valence electrons. The van der Waals surface area contributed by atoms with Crippen molar-refractivity contribution in [2.45, 2.75) is 90.9 Å². The maximum Gasteiger partial charge on any atom is 0.412 e. The number of carbonyl (C=O) groups excluding carboxylic acids is 1. The van der Waals surface area contributed by atoms with Crippen molar-refractivity contribution in [1.82, 2.24) is 9.80 Å². The molecule has 0 aromatic heterocycles. The summed E-state index contributed by atoms with van der Waals surface area (Å²) in [5, 5.41) is 1.24. The van der Waals surface area contributed by atoms with Crippen LogP contribution in [0.5, 0.6) is 5.75 Å². The summed E-state index contributed by atoms with van der Waals surface area (Å²) in [6.07, 6.45) is 12.3. The molecule has 0 saturated carbocycles. The van der Waals surface area contributed by atoms with Crippen LogP contribution < -0.4 is 9.64 Å². The van der Waals surface area contributed by atoms with E-state index in [4.69, 9.17) is 42.4 Å². The van der Waals surface area contributed by atoms with Gasteiger partial charge in [0, 0.05) is 51.8 Å². The fourth-order valence-electron chi connectivity index (χ4n) is 6.05. The lowest BCUT2D eigenvalue weighted by molar-refractivity contribution is 0.0270. The number of piperazine rings is 1. The van der Waals surface area contributed by atoms with E-state index in [0.29, 0.717) is 29.0 Å². The van der Waals surface area contributed by atoms with Crippen LogP contribution in [-0.4, -0.2) is 81.0 Å². The van der Waals surface area contributed by atoms with E-state index in [9.17, 15) is 4.79 Å². The molecule has 0 aliphatic carbocycles. The Bertz CT molecular complexity index is 1260. The number of halogens is 2. The summed E-state index contributed by atoms with van der Waals surface area (Å²) in [7, 11) is 0. The van der Waals surface area contributed by atoms with Crippen molar-refractivity contribution in [2.24, 2.45) is 4.99 Å². The number of anilines is 1. The minimum atomic E-state index is -0.296. The Morgan fingerprint density at radius 2 is 1.60 bits per heavy atom. The molecule has 2 aromatic rings. The first-order chi connectivity index (χ1) is 23.0. The third kappa shape index (κ3) is 12.4. The fourth-order valence-corrected chi connectivity index (χ4v) is 6.47. The van der Waals surface area contributed by atoms with Gasteiger partial charge in [-0.05, 0) is 62.4 Å². The standard InChI is InChI=1S/C37H54Cl2N4O4/c1-3-5-7-9-21-43(22-10-8-6-4-2)37(44)47-29-46-35-19-17-30-16-18-31(28-33(30)40-35)45-27-12-11-20-41-23-25-42(26-24-41)34-15-13-14-32(38)36(34)39/h13-16,18,28H,3-12,17,19-27,29H2,1-2H3. The number of aryl methyl sites for hydroxylation is 1. The van der Waals surface area contributed by atoms with E-state index < -0.39 is 0 Å². The van der Waals surface area contributed by atoms with E-state index in [0.717, 1.165) is 108 Å². The first kappa shape index (κ1) is 37.1. The molecule has 47 heavy (non-hydrogen) atoms. The van der Waals surface area contributed by atoms with Crippen molar-refractivity contribution >= 4 is 46.6 Å². The van der Waals surface area contributed by atoms with Crippen molar-refractivity contribution < 1.29 is 19.0 Å². The van der Waals surface area contributed by atoms with Gasteiger partial charge in [-0.1, -0.05) is 87.7 Å². The van der Waals surface area contributed by atoms with Crippen LogP contribution in [0.15, 0.2) is 41.4 Å². The van der Waals surface area contributed by atoms with E-state index in [-0.39, 0.29) is 12.9 Å². The highest BCUT2D eigenvalue weighted by atomic mass is 35.5. The van der Waals surface area contributed by atoms with Gasteiger partial charge in [-0.15, -0.1) is 0 Å². The van der Waals surface area contributed by atoms with Gasteiger partial charge in [0.15, 0.2) is 5.90 Å². The van der Waals surface area contributed by atoms with Crippen molar-refractivity contribution in [1.29, 1.82) is 0 Å². The molecule has 0 bridgehead atoms. The minimum absolute atomic E-state index is 0.118. The second kappa shape index (κ2) is 20.6. The molecule has 0 unspecified atom stereocenters. The smallest absolute Gasteiger partial charge is 0.412 e. The number of nitrogens with zero attached hydrogens (tertiary/aromatic N) is 4. The summed E-state index contributed by atoms with van der Waals surface area (Å²) < 4.78 is 17.4. The third-order valence-electron chi connectivity index (χ3n) is 8.92. The zero-order valence-electron chi connectivity index (χ0n) is 28.5. The summed E-state index contributed by atoms with van der Waals surface area (Å²) in [4.78, 5) is 24.2. The van der Waals surface area contributed by atoms with Crippen molar-refractivity contribution in [3.05, 3.63) is 52.0 Å². The summed E-state index contributed by atoms with van der Waals surface area (Å²) >= 11 is 12.6. The lowest BCUT2D eigenvalue weighted by atomic mass is 10.0.